The van der Waals surface area contributed by atoms with Gasteiger partial charge < -0.3 is 11.5 Å². The van der Waals surface area contributed by atoms with Crippen molar-refractivity contribution in [2.24, 2.45) is 5.73 Å². The van der Waals surface area contributed by atoms with E-state index >= 15 is 0 Å². The first kappa shape index (κ1) is 11.5. The molecule has 0 radical (unpaired) electrons. The van der Waals surface area contributed by atoms with Crippen molar-refractivity contribution in [1.29, 1.82) is 0 Å². The van der Waals surface area contributed by atoms with Crippen molar-refractivity contribution in [3.63, 3.8) is 0 Å². The zero-order valence-corrected chi connectivity index (χ0v) is 9.22. The molecular formula is C10H7F2N3OS. The van der Waals surface area contributed by atoms with Gasteiger partial charge in [-0.15, -0.1) is 0 Å². The number of nitrogens with zero attached hydrogens (tertiary/aromatic N) is 1. The Morgan fingerprint density at radius 1 is 1.29 bits per heavy atom. The number of carbonyl (C=O) groups excluding carboxylic acids is 1. The maximum Gasteiger partial charge on any atom is 0.270 e. The minimum atomic E-state index is -0.832. The van der Waals surface area contributed by atoms with E-state index in [4.69, 9.17) is 11.5 Å². The Balaban J connectivity index is 2.62. The highest BCUT2D eigenvalue weighted by atomic mass is 32.1. The molecule has 17 heavy (non-hydrogen) atoms. The second-order valence-electron chi connectivity index (χ2n) is 3.19. The highest BCUT2D eigenvalue weighted by Gasteiger charge is 2.19. The molecule has 1 aromatic heterocycles. The summed E-state index contributed by atoms with van der Waals surface area (Å²) < 4.78 is 26.9. The lowest BCUT2D eigenvalue weighted by Crippen LogP contribution is -2.13. The first-order valence-corrected chi connectivity index (χ1v) is 5.33. The van der Waals surface area contributed by atoms with Gasteiger partial charge in [-0.2, -0.15) is 0 Å². The van der Waals surface area contributed by atoms with Crippen LogP contribution >= 0.6 is 11.3 Å². The Morgan fingerprint density at radius 2 is 1.88 bits per heavy atom. The quantitative estimate of drug-likeness (QED) is 0.857. The van der Waals surface area contributed by atoms with Crippen LogP contribution in [0.1, 0.15) is 10.5 Å². The van der Waals surface area contributed by atoms with Gasteiger partial charge in [0, 0.05) is 0 Å². The smallest absolute Gasteiger partial charge is 0.270 e. The maximum atomic E-state index is 13.4. The fourth-order valence-corrected chi connectivity index (χ4v) is 2.20. The van der Waals surface area contributed by atoms with E-state index in [0.717, 1.165) is 23.5 Å². The predicted octanol–water partition coefficient (Wildman–Crippen LogP) is 1.77. The second kappa shape index (κ2) is 4.10. The number of nitrogens with two attached hydrogens (primary N) is 2. The monoisotopic (exact) mass is 255 g/mol. The molecule has 0 fully saturated rings. The number of hydrogen-bond acceptors (Lipinski definition) is 4. The highest BCUT2D eigenvalue weighted by Crippen LogP contribution is 2.33. The van der Waals surface area contributed by atoms with Crippen molar-refractivity contribution < 1.29 is 13.6 Å². The lowest BCUT2D eigenvalue weighted by atomic mass is 10.2. The zero-order valence-electron chi connectivity index (χ0n) is 8.41. The van der Waals surface area contributed by atoms with Crippen LogP contribution in [0.5, 0.6) is 0 Å². The lowest BCUT2D eigenvalue weighted by molar-refractivity contribution is 0.0997. The van der Waals surface area contributed by atoms with Crippen LogP contribution in [-0.2, 0) is 0 Å². The molecule has 1 aromatic carbocycles. The van der Waals surface area contributed by atoms with E-state index in [1.54, 1.807) is 0 Å². The van der Waals surface area contributed by atoms with Crippen LogP contribution < -0.4 is 11.5 Å². The number of anilines is 1. The van der Waals surface area contributed by atoms with Crippen LogP contribution in [0.25, 0.3) is 10.6 Å². The third-order valence-corrected chi connectivity index (χ3v) is 2.97. The Morgan fingerprint density at radius 3 is 2.35 bits per heavy atom. The molecule has 0 saturated heterocycles. The molecule has 0 aliphatic heterocycles. The van der Waals surface area contributed by atoms with Crippen molar-refractivity contribution in [2.75, 3.05) is 5.73 Å². The summed E-state index contributed by atoms with van der Waals surface area (Å²) in [6.45, 7) is 0. The molecule has 1 heterocycles. The van der Waals surface area contributed by atoms with E-state index in [1.165, 1.54) is 6.07 Å². The summed E-state index contributed by atoms with van der Waals surface area (Å²) in [4.78, 5) is 14.7. The third kappa shape index (κ3) is 1.96. The van der Waals surface area contributed by atoms with Gasteiger partial charge in [0.1, 0.15) is 21.6 Å². The van der Waals surface area contributed by atoms with Gasteiger partial charge >= 0.3 is 0 Å². The van der Waals surface area contributed by atoms with Crippen molar-refractivity contribution >= 4 is 22.2 Å². The van der Waals surface area contributed by atoms with Gasteiger partial charge in [-0.25, -0.2) is 13.8 Å². The van der Waals surface area contributed by atoms with Gasteiger partial charge in [0.15, 0.2) is 5.69 Å². The summed E-state index contributed by atoms with van der Waals surface area (Å²) in [7, 11) is 0. The number of hydrogen-bond donors (Lipinski definition) is 2. The van der Waals surface area contributed by atoms with Gasteiger partial charge in [-0.1, -0.05) is 17.4 Å². The number of primary amides is 1. The van der Waals surface area contributed by atoms with Crippen molar-refractivity contribution in [3.8, 4) is 10.6 Å². The van der Waals surface area contributed by atoms with Crippen LogP contribution in [0.15, 0.2) is 18.2 Å². The van der Waals surface area contributed by atoms with Crippen molar-refractivity contribution in [2.45, 2.75) is 0 Å². The number of rotatable bonds is 2. The highest BCUT2D eigenvalue weighted by molar-refractivity contribution is 7.19. The van der Waals surface area contributed by atoms with Crippen molar-refractivity contribution in [3.05, 3.63) is 35.5 Å². The predicted molar refractivity (Wildman–Crippen MR) is 60.4 cm³/mol. The lowest BCUT2D eigenvalue weighted by Gasteiger charge is -1.99. The molecule has 1 amide bonds. The summed E-state index contributed by atoms with van der Waals surface area (Å²) in [5.74, 6) is -2.37. The minimum Gasteiger partial charge on any atom is -0.389 e. The second-order valence-corrected chi connectivity index (χ2v) is 4.22. The Kier molecular flexibility index (Phi) is 2.76. The number of amides is 1. The molecule has 2 aromatic rings. The molecule has 2 rings (SSSR count). The molecule has 0 bridgehead atoms. The van der Waals surface area contributed by atoms with E-state index in [2.05, 4.69) is 4.98 Å². The number of aromatic nitrogens is 1. The molecule has 4 nitrogen and oxygen atoms in total. The summed E-state index contributed by atoms with van der Waals surface area (Å²) in [5.41, 5.74) is 10.0. The summed E-state index contributed by atoms with van der Waals surface area (Å²) in [5, 5.41) is 0.0297. The van der Waals surface area contributed by atoms with E-state index in [0.29, 0.717) is 0 Å². The number of thiazole rings is 1. The molecule has 0 atom stereocenters. The fourth-order valence-electron chi connectivity index (χ4n) is 1.32. The summed E-state index contributed by atoms with van der Waals surface area (Å²) in [6, 6.07) is 3.43. The summed E-state index contributed by atoms with van der Waals surface area (Å²) >= 11 is 0.810. The fraction of sp³-hybridized carbons (Fsp3) is 0. The molecule has 0 aliphatic rings. The molecule has 88 valence electrons. The van der Waals surface area contributed by atoms with Crippen LogP contribution in [0, 0.1) is 11.6 Å². The normalized spacial score (nSPS) is 10.5. The van der Waals surface area contributed by atoms with E-state index in [9.17, 15) is 13.6 Å². The minimum absolute atomic E-state index is 0.00750. The molecule has 0 unspecified atom stereocenters. The van der Waals surface area contributed by atoms with Crippen LogP contribution in [0.2, 0.25) is 0 Å². The molecule has 0 saturated carbocycles. The van der Waals surface area contributed by atoms with Crippen molar-refractivity contribution in [1.82, 2.24) is 4.98 Å². The topological polar surface area (TPSA) is 82.0 Å². The average Bonchev–Trinajstić information content (AvgIpc) is 2.60. The average molecular weight is 255 g/mol. The SMILES string of the molecule is NC(=O)c1nc(-c2c(F)cccc2F)sc1N. The van der Waals surface area contributed by atoms with Gasteiger partial charge in [-0.3, -0.25) is 4.79 Å². The molecule has 4 N–H and O–H groups in total. The zero-order chi connectivity index (χ0) is 12.6. The van der Waals surface area contributed by atoms with Crippen LogP contribution in [-0.4, -0.2) is 10.9 Å². The molecule has 7 heteroatoms. The van der Waals surface area contributed by atoms with Crippen LogP contribution in [0.4, 0.5) is 13.8 Å². The van der Waals surface area contributed by atoms with E-state index in [-0.39, 0.29) is 21.3 Å². The molecule has 0 aliphatic carbocycles. The Labute approximate surface area is 98.9 Å². The molecule has 0 spiro atoms. The standard InChI is InChI=1S/C10H7F2N3OS/c11-4-2-1-3-5(12)6(4)10-15-7(8(13)16)9(14)17-10/h1-3H,14H2,(H2,13,16). The number of benzene rings is 1. The van der Waals surface area contributed by atoms with E-state index < -0.39 is 17.5 Å². The first-order chi connectivity index (χ1) is 8.00. The summed E-state index contributed by atoms with van der Waals surface area (Å²) in [6.07, 6.45) is 0. The maximum absolute atomic E-state index is 13.4. The Hall–Kier alpha value is -2.02. The molecular weight excluding hydrogens is 248 g/mol. The first-order valence-electron chi connectivity index (χ1n) is 4.51. The number of halogens is 2. The van der Waals surface area contributed by atoms with Gasteiger partial charge in [0.05, 0.1) is 5.56 Å². The van der Waals surface area contributed by atoms with Gasteiger partial charge in [0.25, 0.3) is 5.91 Å². The Bertz CT molecular complexity index is 577. The van der Waals surface area contributed by atoms with E-state index in [1.807, 2.05) is 0 Å². The third-order valence-electron chi connectivity index (χ3n) is 2.06. The number of nitrogen functional groups attached to an aromatic ring is 1. The number of carbonyl (C=O) groups is 1. The van der Waals surface area contributed by atoms with Gasteiger partial charge in [-0.05, 0) is 12.1 Å². The van der Waals surface area contributed by atoms with Gasteiger partial charge in [0.2, 0.25) is 0 Å². The van der Waals surface area contributed by atoms with Crippen LogP contribution in [0.3, 0.4) is 0 Å². The largest absolute Gasteiger partial charge is 0.389 e.